The fourth-order valence-electron chi connectivity index (χ4n) is 2.47. The van der Waals surface area contributed by atoms with E-state index in [0.29, 0.717) is 5.56 Å². The van der Waals surface area contributed by atoms with Gasteiger partial charge in [-0.3, -0.25) is 0 Å². The number of aliphatic hydroxyl groups is 1. The SMILES string of the molecule is Cc1ccc(C)c(C(C)(O)Cc2cccc(Cl)c2F)c1. The zero-order valence-corrected chi connectivity index (χ0v) is 12.6. The van der Waals surface area contributed by atoms with Crippen molar-refractivity contribution in [1.82, 2.24) is 0 Å². The first-order chi connectivity index (χ1) is 9.31. The van der Waals surface area contributed by atoms with E-state index in [0.717, 1.165) is 16.7 Å². The van der Waals surface area contributed by atoms with Crippen LogP contribution in [0.25, 0.3) is 0 Å². The lowest BCUT2D eigenvalue weighted by atomic mass is 9.85. The number of rotatable bonds is 3. The number of aryl methyl sites for hydroxylation is 2. The van der Waals surface area contributed by atoms with Gasteiger partial charge in [0.2, 0.25) is 0 Å². The average Bonchev–Trinajstić information content (AvgIpc) is 2.37. The molecule has 1 atom stereocenters. The van der Waals surface area contributed by atoms with Crippen molar-refractivity contribution in [3.63, 3.8) is 0 Å². The molecule has 0 heterocycles. The molecule has 0 saturated carbocycles. The Bertz CT molecular complexity index is 635. The molecule has 1 N–H and O–H groups in total. The lowest BCUT2D eigenvalue weighted by Gasteiger charge is -2.26. The summed E-state index contributed by atoms with van der Waals surface area (Å²) in [6, 6.07) is 10.8. The fourth-order valence-corrected chi connectivity index (χ4v) is 2.66. The molecule has 2 aromatic rings. The number of benzene rings is 2. The normalized spacial score (nSPS) is 14.1. The van der Waals surface area contributed by atoms with Crippen LogP contribution in [0.3, 0.4) is 0 Å². The van der Waals surface area contributed by atoms with E-state index in [1.54, 1.807) is 19.1 Å². The Labute approximate surface area is 124 Å². The van der Waals surface area contributed by atoms with Crippen molar-refractivity contribution in [3.05, 3.63) is 69.5 Å². The molecular formula is C17H18ClFO. The van der Waals surface area contributed by atoms with Crippen molar-refractivity contribution in [2.75, 3.05) is 0 Å². The monoisotopic (exact) mass is 292 g/mol. The second kappa shape index (κ2) is 5.55. The Hall–Kier alpha value is -1.38. The van der Waals surface area contributed by atoms with Crippen LogP contribution in [0.15, 0.2) is 36.4 Å². The van der Waals surface area contributed by atoms with Crippen molar-refractivity contribution >= 4 is 11.6 Å². The van der Waals surface area contributed by atoms with Crippen LogP contribution in [0.4, 0.5) is 4.39 Å². The van der Waals surface area contributed by atoms with Crippen LogP contribution in [0.5, 0.6) is 0 Å². The average molecular weight is 293 g/mol. The Balaban J connectivity index is 2.40. The van der Waals surface area contributed by atoms with Crippen LogP contribution >= 0.6 is 11.6 Å². The maximum absolute atomic E-state index is 14.0. The highest BCUT2D eigenvalue weighted by Gasteiger charge is 2.27. The summed E-state index contributed by atoms with van der Waals surface area (Å²) in [4.78, 5) is 0. The molecular weight excluding hydrogens is 275 g/mol. The topological polar surface area (TPSA) is 20.2 Å². The zero-order chi connectivity index (χ0) is 14.9. The first-order valence-corrected chi connectivity index (χ1v) is 6.92. The van der Waals surface area contributed by atoms with Gasteiger partial charge in [-0.05, 0) is 43.5 Å². The summed E-state index contributed by atoms with van der Waals surface area (Å²) in [5.74, 6) is -0.459. The highest BCUT2D eigenvalue weighted by molar-refractivity contribution is 6.30. The van der Waals surface area contributed by atoms with Gasteiger partial charge in [0, 0.05) is 6.42 Å². The smallest absolute Gasteiger partial charge is 0.145 e. The van der Waals surface area contributed by atoms with Crippen molar-refractivity contribution in [1.29, 1.82) is 0 Å². The Kier molecular flexibility index (Phi) is 4.17. The van der Waals surface area contributed by atoms with E-state index in [9.17, 15) is 9.50 Å². The van der Waals surface area contributed by atoms with E-state index in [2.05, 4.69) is 0 Å². The van der Waals surface area contributed by atoms with Gasteiger partial charge in [-0.15, -0.1) is 0 Å². The first kappa shape index (κ1) is 15.0. The molecule has 0 fully saturated rings. The maximum Gasteiger partial charge on any atom is 0.145 e. The third-order valence-corrected chi connectivity index (χ3v) is 3.83. The van der Waals surface area contributed by atoms with Gasteiger partial charge in [0.15, 0.2) is 0 Å². The molecule has 3 heteroatoms. The second-order valence-corrected chi connectivity index (χ2v) is 5.89. The van der Waals surface area contributed by atoms with E-state index >= 15 is 0 Å². The third-order valence-electron chi connectivity index (χ3n) is 3.54. The Morgan fingerprint density at radius 3 is 2.60 bits per heavy atom. The molecule has 1 unspecified atom stereocenters. The summed E-state index contributed by atoms with van der Waals surface area (Å²) < 4.78 is 14.0. The van der Waals surface area contributed by atoms with Gasteiger partial charge >= 0.3 is 0 Å². The Morgan fingerprint density at radius 2 is 1.90 bits per heavy atom. The summed E-state index contributed by atoms with van der Waals surface area (Å²) in [5, 5.41) is 10.8. The maximum atomic E-state index is 14.0. The number of halogens is 2. The van der Waals surface area contributed by atoms with Gasteiger partial charge in [0.25, 0.3) is 0 Å². The molecule has 0 aliphatic heterocycles. The third kappa shape index (κ3) is 3.02. The molecule has 106 valence electrons. The predicted octanol–water partition coefficient (Wildman–Crippen LogP) is 4.55. The minimum absolute atomic E-state index is 0.0827. The van der Waals surface area contributed by atoms with Crippen molar-refractivity contribution < 1.29 is 9.50 Å². The highest BCUT2D eigenvalue weighted by Crippen LogP contribution is 2.30. The molecule has 0 radical (unpaired) electrons. The lowest BCUT2D eigenvalue weighted by Crippen LogP contribution is -2.26. The quantitative estimate of drug-likeness (QED) is 0.880. The van der Waals surface area contributed by atoms with Crippen molar-refractivity contribution in [3.8, 4) is 0 Å². The summed E-state index contributed by atoms with van der Waals surface area (Å²) >= 11 is 5.79. The van der Waals surface area contributed by atoms with Gasteiger partial charge in [-0.2, -0.15) is 0 Å². The standard InChI is InChI=1S/C17H18ClFO/c1-11-7-8-12(2)14(9-11)17(3,20)10-13-5-4-6-15(18)16(13)19/h4-9,20H,10H2,1-3H3. The molecule has 0 amide bonds. The molecule has 0 aliphatic rings. The van der Waals surface area contributed by atoms with E-state index in [4.69, 9.17) is 11.6 Å². The lowest BCUT2D eigenvalue weighted by molar-refractivity contribution is 0.0560. The fraction of sp³-hybridized carbons (Fsp3) is 0.294. The van der Waals surface area contributed by atoms with Crippen LogP contribution in [-0.4, -0.2) is 5.11 Å². The molecule has 0 aromatic heterocycles. The van der Waals surface area contributed by atoms with Crippen LogP contribution in [0.2, 0.25) is 5.02 Å². The van der Waals surface area contributed by atoms with Crippen LogP contribution in [-0.2, 0) is 12.0 Å². The highest BCUT2D eigenvalue weighted by atomic mass is 35.5. The molecule has 1 nitrogen and oxygen atoms in total. The minimum Gasteiger partial charge on any atom is -0.385 e. The Morgan fingerprint density at radius 1 is 1.20 bits per heavy atom. The van der Waals surface area contributed by atoms with Gasteiger partial charge in [0.1, 0.15) is 5.82 Å². The minimum atomic E-state index is -1.14. The first-order valence-electron chi connectivity index (χ1n) is 6.54. The summed E-state index contributed by atoms with van der Waals surface area (Å²) in [7, 11) is 0. The molecule has 0 spiro atoms. The van der Waals surface area contributed by atoms with Crippen molar-refractivity contribution in [2.45, 2.75) is 32.8 Å². The molecule has 2 rings (SSSR count). The van der Waals surface area contributed by atoms with Gasteiger partial charge in [0.05, 0.1) is 10.6 Å². The second-order valence-electron chi connectivity index (χ2n) is 5.48. The zero-order valence-electron chi connectivity index (χ0n) is 11.9. The summed E-state index contributed by atoms with van der Waals surface area (Å²) in [6.45, 7) is 5.62. The van der Waals surface area contributed by atoms with Crippen LogP contribution in [0.1, 0.15) is 29.2 Å². The summed E-state index contributed by atoms with van der Waals surface area (Å²) in [6.07, 6.45) is 0.184. The molecule has 0 saturated heterocycles. The molecule has 20 heavy (non-hydrogen) atoms. The van der Waals surface area contributed by atoms with Crippen molar-refractivity contribution in [2.24, 2.45) is 0 Å². The number of hydrogen-bond donors (Lipinski definition) is 1. The molecule has 2 aromatic carbocycles. The summed E-state index contributed by atoms with van der Waals surface area (Å²) in [5.41, 5.74) is 2.16. The largest absolute Gasteiger partial charge is 0.385 e. The van der Waals surface area contributed by atoms with Gasteiger partial charge < -0.3 is 5.11 Å². The molecule has 0 bridgehead atoms. The van der Waals surface area contributed by atoms with E-state index in [1.165, 1.54) is 6.07 Å². The van der Waals surface area contributed by atoms with E-state index in [-0.39, 0.29) is 11.4 Å². The number of hydrogen-bond acceptors (Lipinski definition) is 1. The molecule has 0 aliphatic carbocycles. The van der Waals surface area contributed by atoms with Gasteiger partial charge in [-0.1, -0.05) is 47.5 Å². The van der Waals surface area contributed by atoms with Gasteiger partial charge in [-0.25, -0.2) is 4.39 Å². The predicted molar refractivity (Wildman–Crippen MR) is 80.6 cm³/mol. The van der Waals surface area contributed by atoms with Crippen LogP contribution < -0.4 is 0 Å². The van der Waals surface area contributed by atoms with Crippen LogP contribution in [0, 0.1) is 19.7 Å². The van der Waals surface area contributed by atoms with E-state index in [1.807, 2.05) is 32.0 Å². The van der Waals surface area contributed by atoms with E-state index < -0.39 is 11.4 Å².